The minimum absolute atomic E-state index is 0.167. The van der Waals surface area contributed by atoms with Gasteiger partial charge in [-0.05, 0) is 36.8 Å². The van der Waals surface area contributed by atoms with Crippen molar-refractivity contribution in [3.8, 4) is 0 Å². The molecule has 0 aliphatic heterocycles. The van der Waals surface area contributed by atoms with Crippen LogP contribution in [-0.2, 0) is 6.42 Å². The van der Waals surface area contributed by atoms with Crippen LogP contribution in [0.1, 0.15) is 31.5 Å². The van der Waals surface area contributed by atoms with E-state index < -0.39 is 5.82 Å². The minimum Gasteiger partial charge on any atom is -0.309 e. The molecule has 1 aromatic heterocycles. The topological polar surface area (TPSA) is 22.0 Å². The van der Waals surface area contributed by atoms with Gasteiger partial charge in [-0.2, -0.15) is 0 Å². The van der Waals surface area contributed by atoms with E-state index in [9.17, 15) is 9.18 Å². The van der Waals surface area contributed by atoms with Crippen LogP contribution in [0, 0.1) is 5.82 Å². The number of rotatable bonds is 2. The Morgan fingerprint density at radius 2 is 2.18 bits per heavy atom. The number of hydrogen-bond donors (Lipinski definition) is 0. The van der Waals surface area contributed by atoms with Crippen LogP contribution in [0.2, 0.25) is 0 Å². The molecule has 0 saturated heterocycles. The van der Waals surface area contributed by atoms with Gasteiger partial charge in [0, 0.05) is 11.7 Å². The van der Waals surface area contributed by atoms with E-state index in [1.165, 1.54) is 6.07 Å². The zero-order valence-corrected chi connectivity index (χ0v) is 9.74. The van der Waals surface area contributed by atoms with Crippen molar-refractivity contribution in [2.45, 2.75) is 32.2 Å². The maximum atomic E-state index is 13.7. The molecule has 1 heterocycles. The molecule has 0 atom stereocenters. The smallest absolute Gasteiger partial charge is 0.261 e. The number of aryl methyl sites for hydroxylation is 1. The quantitative estimate of drug-likeness (QED) is 0.778. The van der Waals surface area contributed by atoms with Gasteiger partial charge in [-0.3, -0.25) is 4.79 Å². The summed E-state index contributed by atoms with van der Waals surface area (Å²) in [6.07, 6.45) is 2.87. The van der Waals surface area contributed by atoms with Gasteiger partial charge in [0.25, 0.3) is 5.56 Å². The molecule has 0 N–H and O–H groups in total. The average molecular weight is 231 g/mol. The molecule has 88 valence electrons. The Bertz CT molecular complexity index is 640. The van der Waals surface area contributed by atoms with Gasteiger partial charge in [-0.1, -0.05) is 19.1 Å². The summed E-state index contributed by atoms with van der Waals surface area (Å²) < 4.78 is 15.5. The second kappa shape index (κ2) is 3.69. The molecular weight excluding hydrogens is 217 g/mol. The van der Waals surface area contributed by atoms with E-state index in [2.05, 4.69) is 0 Å². The first kappa shape index (κ1) is 10.5. The summed E-state index contributed by atoms with van der Waals surface area (Å²) in [5.74, 6) is -0.412. The van der Waals surface area contributed by atoms with E-state index in [0.717, 1.165) is 25.0 Å². The molecule has 2 aromatic rings. The number of aromatic nitrogens is 1. The molecule has 0 unspecified atom stereocenters. The third-order valence-corrected chi connectivity index (χ3v) is 3.38. The molecule has 2 nitrogen and oxygen atoms in total. The Morgan fingerprint density at radius 3 is 2.82 bits per heavy atom. The standard InChI is InChI=1S/C14H14FNO/c1-2-10-8-9-4-3-5-12(15)13(9)14(17)16(10)11-6-7-11/h3-5,8,11H,2,6-7H2,1H3. The van der Waals surface area contributed by atoms with Gasteiger partial charge in [0.2, 0.25) is 0 Å². The monoisotopic (exact) mass is 231 g/mol. The zero-order chi connectivity index (χ0) is 12.0. The van der Waals surface area contributed by atoms with E-state index in [1.54, 1.807) is 16.7 Å². The Kier molecular flexibility index (Phi) is 2.28. The van der Waals surface area contributed by atoms with Gasteiger partial charge in [-0.25, -0.2) is 4.39 Å². The molecule has 3 rings (SSSR count). The van der Waals surface area contributed by atoms with Crippen molar-refractivity contribution < 1.29 is 4.39 Å². The molecule has 1 aliphatic carbocycles. The highest BCUT2D eigenvalue weighted by atomic mass is 19.1. The molecule has 1 aromatic carbocycles. The molecule has 17 heavy (non-hydrogen) atoms. The summed E-state index contributed by atoms with van der Waals surface area (Å²) in [6, 6.07) is 7.04. The van der Waals surface area contributed by atoms with Gasteiger partial charge in [0.15, 0.2) is 0 Å². The fourth-order valence-corrected chi connectivity index (χ4v) is 2.39. The van der Waals surface area contributed by atoms with Crippen LogP contribution < -0.4 is 5.56 Å². The van der Waals surface area contributed by atoms with E-state index in [0.29, 0.717) is 11.4 Å². The van der Waals surface area contributed by atoms with E-state index in [1.807, 2.05) is 13.0 Å². The number of hydrogen-bond acceptors (Lipinski definition) is 1. The molecule has 1 fully saturated rings. The molecule has 1 saturated carbocycles. The maximum Gasteiger partial charge on any atom is 0.261 e. The number of fused-ring (bicyclic) bond motifs is 1. The predicted octanol–water partition coefficient (Wildman–Crippen LogP) is 3.04. The fourth-order valence-electron chi connectivity index (χ4n) is 2.39. The van der Waals surface area contributed by atoms with Gasteiger partial charge in [0.05, 0.1) is 5.39 Å². The second-order valence-electron chi connectivity index (χ2n) is 4.60. The highest BCUT2D eigenvalue weighted by Gasteiger charge is 2.27. The van der Waals surface area contributed by atoms with Crippen molar-refractivity contribution in [1.82, 2.24) is 4.57 Å². The highest BCUT2D eigenvalue weighted by molar-refractivity contribution is 5.82. The van der Waals surface area contributed by atoms with Crippen LogP contribution in [0.4, 0.5) is 4.39 Å². The fraction of sp³-hybridized carbons (Fsp3) is 0.357. The maximum absolute atomic E-state index is 13.7. The van der Waals surface area contributed by atoms with Gasteiger partial charge >= 0.3 is 0 Å². The lowest BCUT2D eigenvalue weighted by Crippen LogP contribution is -2.23. The largest absolute Gasteiger partial charge is 0.309 e. The van der Waals surface area contributed by atoms with Crippen molar-refractivity contribution in [2.75, 3.05) is 0 Å². The first-order valence-electron chi connectivity index (χ1n) is 6.05. The van der Waals surface area contributed by atoms with Crippen molar-refractivity contribution in [3.63, 3.8) is 0 Å². The third-order valence-electron chi connectivity index (χ3n) is 3.38. The number of pyridine rings is 1. The van der Waals surface area contributed by atoms with E-state index in [4.69, 9.17) is 0 Å². The normalized spacial score (nSPS) is 15.4. The van der Waals surface area contributed by atoms with Crippen LogP contribution in [0.3, 0.4) is 0 Å². The lowest BCUT2D eigenvalue weighted by Gasteiger charge is -2.12. The first-order valence-corrected chi connectivity index (χ1v) is 6.05. The third kappa shape index (κ3) is 1.57. The average Bonchev–Trinajstić information content (AvgIpc) is 3.12. The van der Waals surface area contributed by atoms with Gasteiger partial charge in [0.1, 0.15) is 5.82 Å². The summed E-state index contributed by atoms with van der Waals surface area (Å²) in [6.45, 7) is 2.03. The first-order chi connectivity index (χ1) is 8.22. The summed E-state index contributed by atoms with van der Waals surface area (Å²) in [5, 5.41) is 0.945. The summed E-state index contributed by atoms with van der Waals surface area (Å²) in [4.78, 5) is 12.3. The predicted molar refractivity (Wildman–Crippen MR) is 65.8 cm³/mol. The molecule has 3 heteroatoms. The Labute approximate surface area is 98.7 Å². The summed E-state index contributed by atoms with van der Waals surface area (Å²) in [5.41, 5.74) is 0.843. The molecular formula is C14H14FNO. The van der Waals surface area contributed by atoms with Crippen LogP contribution in [0.25, 0.3) is 10.8 Å². The van der Waals surface area contributed by atoms with E-state index in [-0.39, 0.29) is 10.9 Å². The Morgan fingerprint density at radius 1 is 1.41 bits per heavy atom. The molecule has 0 bridgehead atoms. The van der Waals surface area contributed by atoms with Crippen LogP contribution in [-0.4, -0.2) is 4.57 Å². The summed E-state index contributed by atoms with van der Waals surface area (Å²) >= 11 is 0. The lowest BCUT2D eigenvalue weighted by molar-refractivity contribution is 0.628. The number of nitrogens with zero attached hydrogens (tertiary/aromatic N) is 1. The number of benzene rings is 1. The van der Waals surface area contributed by atoms with Crippen molar-refractivity contribution >= 4 is 10.8 Å². The molecule has 0 radical (unpaired) electrons. The van der Waals surface area contributed by atoms with Gasteiger partial charge in [-0.15, -0.1) is 0 Å². The van der Waals surface area contributed by atoms with Crippen molar-refractivity contribution in [3.05, 3.63) is 46.1 Å². The SMILES string of the molecule is CCc1cc2cccc(F)c2c(=O)n1C1CC1. The molecule has 0 spiro atoms. The number of halogens is 1. The minimum atomic E-state index is -0.412. The van der Waals surface area contributed by atoms with Crippen LogP contribution >= 0.6 is 0 Å². The zero-order valence-electron chi connectivity index (χ0n) is 9.74. The Hall–Kier alpha value is -1.64. The Balaban J connectivity index is 2.42. The van der Waals surface area contributed by atoms with Crippen LogP contribution in [0.15, 0.2) is 29.1 Å². The highest BCUT2D eigenvalue weighted by Crippen LogP contribution is 2.35. The van der Waals surface area contributed by atoms with Gasteiger partial charge < -0.3 is 4.57 Å². The second-order valence-corrected chi connectivity index (χ2v) is 4.60. The van der Waals surface area contributed by atoms with Crippen LogP contribution in [0.5, 0.6) is 0 Å². The molecule has 0 amide bonds. The lowest BCUT2D eigenvalue weighted by atomic mass is 10.1. The van der Waals surface area contributed by atoms with Crippen molar-refractivity contribution in [2.24, 2.45) is 0 Å². The van der Waals surface area contributed by atoms with E-state index >= 15 is 0 Å². The van der Waals surface area contributed by atoms with Crippen molar-refractivity contribution in [1.29, 1.82) is 0 Å². The molecule has 1 aliphatic rings. The summed E-state index contributed by atoms with van der Waals surface area (Å²) in [7, 11) is 0.